The lowest BCUT2D eigenvalue weighted by Crippen LogP contribution is -2.30. The Morgan fingerprint density at radius 1 is 1.10 bits per heavy atom. The lowest BCUT2D eigenvalue weighted by Gasteiger charge is -2.19. The zero-order chi connectivity index (χ0) is 23.2. The van der Waals surface area contributed by atoms with E-state index in [1.54, 1.807) is 13.8 Å². The van der Waals surface area contributed by atoms with Crippen LogP contribution >= 0.6 is 0 Å². The van der Waals surface area contributed by atoms with Crippen molar-refractivity contribution in [1.82, 2.24) is 4.31 Å². The molecule has 31 heavy (non-hydrogen) atoms. The molecule has 0 atom stereocenters. The number of rotatable bonds is 9. The molecule has 170 valence electrons. The van der Waals surface area contributed by atoms with Crippen molar-refractivity contribution in [1.29, 1.82) is 0 Å². The van der Waals surface area contributed by atoms with Crippen molar-refractivity contribution in [3.8, 4) is 5.75 Å². The van der Waals surface area contributed by atoms with Gasteiger partial charge in [0.05, 0.1) is 17.2 Å². The first-order valence-electron chi connectivity index (χ1n) is 9.36. The number of hydrogen-bond donors (Lipinski definition) is 2. The molecule has 0 saturated carbocycles. The molecule has 7 nitrogen and oxygen atoms in total. The SMILES string of the molecule is CCN(CC)S(=O)(=O)c1ccc(O)c(NC(=O)c2ccc(COCC(F)(F)F)cc2)c1. The highest BCUT2D eigenvalue weighted by atomic mass is 32.2. The van der Waals surface area contributed by atoms with Crippen molar-refractivity contribution in [2.75, 3.05) is 25.0 Å². The van der Waals surface area contributed by atoms with Crippen LogP contribution in [0.2, 0.25) is 0 Å². The highest BCUT2D eigenvalue weighted by Crippen LogP contribution is 2.28. The molecule has 0 fully saturated rings. The highest BCUT2D eigenvalue weighted by Gasteiger charge is 2.27. The van der Waals surface area contributed by atoms with Gasteiger partial charge in [-0.3, -0.25) is 4.79 Å². The first-order valence-corrected chi connectivity index (χ1v) is 10.8. The summed E-state index contributed by atoms with van der Waals surface area (Å²) < 4.78 is 67.4. The van der Waals surface area contributed by atoms with Gasteiger partial charge in [-0.25, -0.2) is 8.42 Å². The van der Waals surface area contributed by atoms with Crippen molar-refractivity contribution in [2.45, 2.75) is 31.5 Å². The van der Waals surface area contributed by atoms with Gasteiger partial charge in [0.1, 0.15) is 12.4 Å². The number of ether oxygens (including phenoxy) is 1. The molecule has 0 radical (unpaired) electrons. The van der Waals surface area contributed by atoms with Gasteiger partial charge in [-0.1, -0.05) is 26.0 Å². The molecule has 0 aromatic heterocycles. The second kappa shape index (κ2) is 10.1. The molecular formula is C20H23F3N2O5S. The fourth-order valence-electron chi connectivity index (χ4n) is 2.72. The summed E-state index contributed by atoms with van der Waals surface area (Å²) in [4.78, 5) is 12.4. The van der Waals surface area contributed by atoms with Crippen molar-refractivity contribution >= 4 is 21.6 Å². The second-order valence-electron chi connectivity index (χ2n) is 6.53. The summed E-state index contributed by atoms with van der Waals surface area (Å²) in [5, 5.41) is 12.5. The largest absolute Gasteiger partial charge is 0.506 e. The summed E-state index contributed by atoms with van der Waals surface area (Å²) in [6, 6.07) is 9.23. The molecule has 2 rings (SSSR count). The number of hydrogen-bond acceptors (Lipinski definition) is 5. The number of sulfonamides is 1. The number of aromatic hydroxyl groups is 1. The number of amides is 1. The summed E-state index contributed by atoms with van der Waals surface area (Å²) in [5.74, 6) is -0.945. The third-order valence-corrected chi connectivity index (χ3v) is 6.36. The molecule has 0 heterocycles. The van der Waals surface area contributed by atoms with E-state index in [1.807, 2.05) is 0 Å². The van der Waals surface area contributed by atoms with Crippen LogP contribution < -0.4 is 5.32 Å². The van der Waals surface area contributed by atoms with Crippen LogP contribution in [0.5, 0.6) is 5.75 Å². The molecule has 1 amide bonds. The van der Waals surface area contributed by atoms with Crippen LogP contribution in [-0.4, -0.2) is 49.6 Å². The van der Waals surface area contributed by atoms with E-state index in [1.165, 1.54) is 46.8 Å². The predicted octanol–water partition coefficient (Wildman–Crippen LogP) is 3.75. The molecule has 0 aliphatic carbocycles. The zero-order valence-electron chi connectivity index (χ0n) is 16.9. The van der Waals surface area contributed by atoms with Gasteiger partial charge in [0.2, 0.25) is 10.0 Å². The normalized spacial score (nSPS) is 12.2. The predicted molar refractivity (Wildman–Crippen MR) is 108 cm³/mol. The van der Waals surface area contributed by atoms with Gasteiger partial charge in [0.25, 0.3) is 5.91 Å². The maximum Gasteiger partial charge on any atom is 0.411 e. The molecule has 0 spiro atoms. The lowest BCUT2D eigenvalue weighted by molar-refractivity contribution is -0.176. The van der Waals surface area contributed by atoms with Gasteiger partial charge in [-0.05, 0) is 35.9 Å². The van der Waals surface area contributed by atoms with Gasteiger partial charge < -0.3 is 15.2 Å². The van der Waals surface area contributed by atoms with Crippen LogP contribution in [0.3, 0.4) is 0 Å². The Kier molecular flexibility index (Phi) is 8.04. The van der Waals surface area contributed by atoms with E-state index in [0.717, 1.165) is 0 Å². The molecule has 0 unspecified atom stereocenters. The first kappa shape index (κ1) is 24.6. The van der Waals surface area contributed by atoms with E-state index in [9.17, 15) is 31.5 Å². The summed E-state index contributed by atoms with van der Waals surface area (Å²) in [5.41, 5.74) is 0.516. The second-order valence-corrected chi connectivity index (χ2v) is 8.47. The molecule has 11 heteroatoms. The number of halogens is 3. The van der Waals surface area contributed by atoms with Crippen molar-refractivity contribution in [2.24, 2.45) is 0 Å². The van der Waals surface area contributed by atoms with Gasteiger partial charge in [-0.2, -0.15) is 17.5 Å². The molecule has 0 aliphatic rings. The van der Waals surface area contributed by atoms with E-state index in [-0.39, 0.29) is 41.6 Å². The summed E-state index contributed by atoms with van der Waals surface area (Å²) in [6.45, 7) is 2.28. The number of carbonyl (C=O) groups is 1. The highest BCUT2D eigenvalue weighted by molar-refractivity contribution is 7.89. The first-order chi connectivity index (χ1) is 14.5. The zero-order valence-corrected chi connectivity index (χ0v) is 17.8. The Balaban J connectivity index is 2.13. The number of phenols is 1. The molecule has 0 aliphatic heterocycles. The maximum absolute atomic E-state index is 12.6. The maximum atomic E-state index is 12.6. The van der Waals surface area contributed by atoms with Gasteiger partial charge in [0, 0.05) is 18.7 Å². The third-order valence-electron chi connectivity index (χ3n) is 4.31. The average Bonchev–Trinajstić information content (AvgIpc) is 2.69. The monoisotopic (exact) mass is 460 g/mol. The molecule has 2 N–H and O–H groups in total. The van der Waals surface area contributed by atoms with Crippen LogP contribution in [0.1, 0.15) is 29.8 Å². The number of anilines is 1. The average molecular weight is 460 g/mol. The van der Waals surface area contributed by atoms with E-state index in [4.69, 9.17) is 0 Å². The lowest BCUT2D eigenvalue weighted by atomic mass is 10.1. The quantitative estimate of drug-likeness (QED) is 0.556. The van der Waals surface area contributed by atoms with Crippen LogP contribution in [0.25, 0.3) is 0 Å². The summed E-state index contributed by atoms with van der Waals surface area (Å²) in [6.07, 6.45) is -4.42. The van der Waals surface area contributed by atoms with Crippen molar-refractivity contribution in [3.05, 3.63) is 53.6 Å². The number of nitrogens with one attached hydrogen (secondary N) is 1. The van der Waals surface area contributed by atoms with Gasteiger partial charge in [-0.15, -0.1) is 0 Å². The molecule has 0 saturated heterocycles. The van der Waals surface area contributed by atoms with Crippen LogP contribution in [0.15, 0.2) is 47.4 Å². The number of alkyl halides is 3. The third kappa shape index (κ3) is 6.68. The van der Waals surface area contributed by atoms with Crippen molar-refractivity contribution in [3.63, 3.8) is 0 Å². The summed E-state index contributed by atoms with van der Waals surface area (Å²) in [7, 11) is -3.79. The minimum Gasteiger partial charge on any atom is -0.506 e. The molecule has 2 aromatic carbocycles. The standard InChI is InChI=1S/C20H23F3N2O5S/c1-3-25(4-2)31(28,29)16-9-10-18(26)17(11-16)24-19(27)15-7-5-14(6-8-15)12-30-13-20(21,22)23/h5-11,26H,3-4,12-13H2,1-2H3,(H,24,27). The van der Waals surface area contributed by atoms with Crippen LogP contribution in [-0.2, 0) is 21.4 Å². The number of carbonyl (C=O) groups excluding carboxylic acids is 1. The number of phenolic OH excluding ortho intramolecular Hbond substituents is 1. The number of benzene rings is 2. The fraction of sp³-hybridized carbons (Fsp3) is 0.350. The van der Waals surface area contributed by atoms with E-state index >= 15 is 0 Å². The molecule has 2 aromatic rings. The topological polar surface area (TPSA) is 95.9 Å². The Morgan fingerprint density at radius 3 is 2.26 bits per heavy atom. The van der Waals surface area contributed by atoms with E-state index in [0.29, 0.717) is 5.56 Å². The fourth-order valence-corrected chi connectivity index (χ4v) is 4.20. The molecule has 0 bridgehead atoms. The Hall–Kier alpha value is -2.63. The van der Waals surface area contributed by atoms with Crippen LogP contribution in [0, 0.1) is 0 Å². The minimum atomic E-state index is -4.42. The van der Waals surface area contributed by atoms with Gasteiger partial charge in [0.15, 0.2) is 0 Å². The minimum absolute atomic E-state index is 0.0820. The van der Waals surface area contributed by atoms with Crippen LogP contribution in [0.4, 0.5) is 18.9 Å². The smallest absolute Gasteiger partial charge is 0.411 e. The van der Waals surface area contributed by atoms with E-state index in [2.05, 4.69) is 10.1 Å². The van der Waals surface area contributed by atoms with Crippen molar-refractivity contribution < 1.29 is 36.2 Å². The van der Waals surface area contributed by atoms with Gasteiger partial charge >= 0.3 is 6.18 Å². The molecular weight excluding hydrogens is 437 g/mol. The summed E-state index contributed by atoms with van der Waals surface area (Å²) >= 11 is 0. The Morgan fingerprint density at radius 2 is 1.71 bits per heavy atom. The Bertz CT molecular complexity index is 1000. The van der Waals surface area contributed by atoms with E-state index < -0.39 is 28.7 Å². The number of nitrogens with zero attached hydrogens (tertiary/aromatic N) is 1. The Labute approximate surface area is 178 Å².